The van der Waals surface area contributed by atoms with Gasteiger partial charge in [-0.05, 0) is 5.92 Å². The SMILES string of the molecule is O=C(C#CC1C=CC=C1)c1ccccc1. The maximum Gasteiger partial charge on any atom is 0.235 e. The van der Waals surface area contributed by atoms with E-state index in [0.717, 1.165) is 0 Å². The summed E-state index contributed by atoms with van der Waals surface area (Å²) in [5.74, 6) is 5.53. The molecule has 1 heteroatoms. The number of carbonyl (C=O) groups excluding carboxylic acids is 1. The number of hydrogen-bond acceptors (Lipinski definition) is 1. The van der Waals surface area contributed by atoms with Crippen LogP contribution in [-0.4, -0.2) is 5.78 Å². The van der Waals surface area contributed by atoms with Crippen molar-refractivity contribution in [3.8, 4) is 11.8 Å². The van der Waals surface area contributed by atoms with Gasteiger partial charge in [-0.15, -0.1) is 0 Å². The molecule has 72 valence electrons. The third kappa shape index (κ3) is 2.45. The van der Waals surface area contributed by atoms with Crippen LogP contribution in [0.15, 0.2) is 54.6 Å². The maximum atomic E-state index is 11.6. The van der Waals surface area contributed by atoms with E-state index in [1.54, 1.807) is 12.1 Å². The largest absolute Gasteiger partial charge is 0.279 e. The summed E-state index contributed by atoms with van der Waals surface area (Å²) in [5.41, 5.74) is 0.649. The molecule has 0 atom stereocenters. The maximum absolute atomic E-state index is 11.6. The zero-order valence-corrected chi connectivity index (χ0v) is 8.18. The second kappa shape index (κ2) is 4.43. The number of rotatable bonds is 1. The summed E-state index contributed by atoms with van der Waals surface area (Å²) in [6.45, 7) is 0. The second-order valence-corrected chi connectivity index (χ2v) is 3.26. The number of ketones is 1. The van der Waals surface area contributed by atoms with Crippen molar-refractivity contribution in [1.82, 2.24) is 0 Å². The fraction of sp³-hybridized carbons (Fsp3) is 0.0714. The summed E-state index contributed by atoms with van der Waals surface area (Å²) in [4.78, 5) is 11.6. The molecule has 1 aliphatic rings. The highest BCUT2D eigenvalue weighted by atomic mass is 16.1. The topological polar surface area (TPSA) is 17.1 Å². The summed E-state index contributed by atoms with van der Waals surface area (Å²) in [5, 5.41) is 0. The highest BCUT2D eigenvalue weighted by molar-refractivity contribution is 6.09. The highest BCUT2D eigenvalue weighted by Crippen LogP contribution is 2.07. The van der Waals surface area contributed by atoms with E-state index in [1.807, 2.05) is 42.5 Å². The van der Waals surface area contributed by atoms with E-state index in [2.05, 4.69) is 11.8 Å². The molecule has 0 saturated carbocycles. The lowest BCUT2D eigenvalue weighted by Gasteiger charge is -1.92. The van der Waals surface area contributed by atoms with E-state index < -0.39 is 0 Å². The smallest absolute Gasteiger partial charge is 0.235 e. The highest BCUT2D eigenvalue weighted by Gasteiger charge is 2.01. The molecule has 0 heterocycles. The molecular formula is C14H10O. The number of carbonyl (C=O) groups is 1. The van der Waals surface area contributed by atoms with E-state index in [-0.39, 0.29) is 11.7 Å². The van der Waals surface area contributed by atoms with Gasteiger partial charge in [0, 0.05) is 5.56 Å². The van der Waals surface area contributed by atoms with E-state index in [1.165, 1.54) is 0 Å². The van der Waals surface area contributed by atoms with Gasteiger partial charge in [0.2, 0.25) is 5.78 Å². The number of hydrogen-bond donors (Lipinski definition) is 0. The van der Waals surface area contributed by atoms with Gasteiger partial charge in [-0.25, -0.2) is 0 Å². The number of Topliss-reactive ketones (excluding diaryl/α,β-unsaturated/α-hetero) is 1. The Morgan fingerprint density at radius 1 is 1.07 bits per heavy atom. The van der Waals surface area contributed by atoms with Crippen LogP contribution < -0.4 is 0 Å². The third-order valence-corrected chi connectivity index (χ3v) is 2.14. The zero-order chi connectivity index (χ0) is 10.5. The molecule has 0 fully saturated rings. The van der Waals surface area contributed by atoms with Crippen molar-refractivity contribution in [1.29, 1.82) is 0 Å². The predicted molar refractivity (Wildman–Crippen MR) is 60.3 cm³/mol. The van der Waals surface area contributed by atoms with E-state index in [4.69, 9.17) is 0 Å². The van der Waals surface area contributed by atoms with Crippen LogP contribution >= 0.6 is 0 Å². The van der Waals surface area contributed by atoms with Crippen LogP contribution in [0.5, 0.6) is 0 Å². The molecule has 1 aromatic rings. The van der Waals surface area contributed by atoms with Gasteiger partial charge in [0.25, 0.3) is 0 Å². The summed E-state index contributed by atoms with van der Waals surface area (Å²) in [6, 6.07) is 9.11. The molecule has 1 aliphatic carbocycles. The Hall–Kier alpha value is -2.07. The van der Waals surface area contributed by atoms with Gasteiger partial charge in [-0.1, -0.05) is 60.6 Å². The molecule has 1 nitrogen and oxygen atoms in total. The summed E-state index contributed by atoms with van der Waals surface area (Å²) in [7, 11) is 0. The van der Waals surface area contributed by atoms with Crippen molar-refractivity contribution in [3.05, 3.63) is 60.2 Å². The second-order valence-electron chi connectivity index (χ2n) is 3.26. The van der Waals surface area contributed by atoms with Crippen LogP contribution in [0, 0.1) is 17.8 Å². The van der Waals surface area contributed by atoms with Crippen LogP contribution in [0.4, 0.5) is 0 Å². The first kappa shape index (κ1) is 9.48. The Bertz CT molecular complexity index is 457. The molecule has 0 unspecified atom stereocenters. The fourth-order valence-corrected chi connectivity index (χ4v) is 1.34. The van der Waals surface area contributed by atoms with Gasteiger partial charge in [-0.3, -0.25) is 4.79 Å². The Labute approximate surface area is 89.1 Å². The van der Waals surface area contributed by atoms with Crippen LogP contribution in [0.1, 0.15) is 10.4 Å². The van der Waals surface area contributed by atoms with Crippen molar-refractivity contribution in [2.75, 3.05) is 0 Å². The lowest BCUT2D eigenvalue weighted by molar-refractivity contribution is 0.105. The minimum absolute atomic E-state index is 0.0951. The van der Waals surface area contributed by atoms with Crippen LogP contribution in [0.2, 0.25) is 0 Å². The average molecular weight is 194 g/mol. The van der Waals surface area contributed by atoms with Gasteiger partial charge in [-0.2, -0.15) is 0 Å². The molecule has 0 bridgehead atoms. The van der Waals surface area contributed by atoms with Crippen molar-refractivity contribution < 1.29 is 4.79 Å². The molecule has 0 aromatic heterocycles. The van der Waals surface area contributed by atoms with Crippen LogP contribution in [-0.2, 0) is 0 Å². The van der Waals surface area contributed by atoms with Gasteiger partial charge in [0.1, 0.15) is 0 Å². The van der Waals surface area contributed by atoms with Crippen molar-refractivity contribution in [2.24, 2.45) is 5.92 Å². The van der Waals surface area contributed by atoms with Crippen molar-refractivity contribution >= 4 is 5.78 Å². The first-order chi connectivity index (χ1) is 7.36. The molecule has 0 amide bonds. The Balaban J connectivity index is 2.10. The molecule has 1 aromatic carbocycles. The molecule has 0 saturated heterocycles. The molecule has 0 aliphatic heterocycles. The van der Waals surface area contributed by atoms with Crippen LogP contribution in [0.3, 0.4) is 0 Å². The summed E-state index contributed by atoms with van der Waals surface area (Å²) < 4.78 is 0. The van der Waals surface area contributed by atoms with E-state index in [0.29, 0.717) is 5.56 Å². The fourth-order valence-electron chi connectivity index (χ4n) is 1.34. The first-order valence-electron chi connectivity index (χ1n) is 4.82. The Morgan fingerprint density at radius 3 is 2.40 bits per heavy atom. The van der Waals surface area contributed by atoms with Gasteiger partial charge < -0.3 is 0 Å². The molecule has 0 spiro atoms. The lowest BCUT2D eigenvalue weighted by atomic mass is 10.1. The van der Waals surface area contributed by atoms with E-state index in [9.17, 15) is 4.79 Å². The van der Waals surface area contributed by atoms with Crippen molar-refractivity contribution in [3.63, 3.8) is 0 Å². The normalized spacial score (nSPS) is 13.6. The minimum Gasteiger partial charge on any atom is -0.279 e. The molecule has 0 radical (unpaired) electrons. The van der Waals surface area contributed by atoms with E-state index >= 15 is 0 Å². The predicted octanol–water partition coefficient (Wildman–Crippen LogP) is 2.61. The van der Waals surface area contributed by atoms with Gasteiger partial charge in [0.15, 0.2) is 0 Å². The molecule has 0 N–H and O–H groups in total. The molecule has 2 rings (SSSR count). The summed E-state index contributed by atoms with van der Waals surface area (Å²) >= 11 is 0. The Morgan fingerprint density at radius 2 is 1.73 bits per heavy atom. The average Bonchev–Trinajstić information content (AvgIpc) is 2.80. The minimum atomic E-state index is -0.121. The van der Waals surface area contributed by atoms with Crippen LogP contribution in [0.25, 0.3) is 0 Å². The van der Waals surface area contributed by atoms with Gasteiger partial charge in [0.05, 0.1) is 5.92 Å². The van der Waals surface area contributed by atoms with Gasteiger partial charge >= 0.3 is 0 Å². The monoisotopic (exact) mass is 194 g/mol. The third-order valence-electron chi connectivity index (χ3n) is 2.14. The quantitative estimate of drug-likeness (QED) is 0.381. The first-order valence-corrected chi connectivity index (χ1v) is 4.82. The standard InChI is InChI=1S/C14H10O/c15-14(13-8-2-1-3-9-13)11-10-12-6-4-5-7-12/h1-9,12H. The number of benzene rings is 1. The van der Waals surface area contributed by atoms with Crippen molar-refractivity contribution in [2.45, 2.75) is 0 Å². The Kier molecular flexibility index (Phi) is 2.80. The zero-order valence-electron chi connectivity index (χ0n) is 8.18. The number of allylic oxidation sites excluding steroid dienone is 4. The molecular weight excluding hydrogens is 184 g/mol. The summed E-state index contributed by atoms with van der Waals surface area (Å²) in [6.07, 6.45) is 7.80. The lowest BCUT2D eigenvalue weighted by Crippen LogP contribution is -1.95. The molecule has 15 heavy (non-hydrogen) atoms.